The SMILES string of the molecule is OC1CCCN(c2ccnc(Nc3ccc(-n4cnc5ccccc54)cc3)n2)C1. The van der Waals surface area contributed by atoms with E-state index in [1.807, 2.05) is 54.9 Å². The standard InChI is InChI=1S/C22H22N6O/c29-18-4-3-13-27(14-18)21-11-12-23-22(26-21)25-16-7-9-17(10-8-16)28-15-24-19-5-1-2-6-20(19)28/h1-2,5-12,15,18,29H,3-4,13-14H2,(H,23,25,26). The Balaban J connectivity index is 1.34. The number of β-amino-alcohol motifs (C(OH)–C–C–N with tert-alkyl or cyclic N) is 1. The summed E-state index contributed by atoms with van der Waals surface area (Å²) in [6.45, 7) is 1.52. The summed E-state index contributed by atoms with van der Waals surface area (Å²) in [5, 5.41) is 13.2. The number of aliphatic hydroxyl groups is 1. The van der Waals surface area contributed by atoms with Crippen molar-refractivity contribution in [2.24, 2.45) is 0 Å². The van der Waals surface area contributed by atoms with Crippen LogP contribution in [-0.2, 0) is 0 Å². The normalized spacial score (nSPS) is 16.9. The number of aromatic nitrogens is 4. The van der Waals surface area contributed by atoms with Crippen molar-refractivity contribution in [3.05, 3.63) is 67.1 Å². The Morgan fingerprint density at radius 2 is 1.86 bits per heavy atom. The van der Waals surface area contributed by atoms with E-state index in [0.29, 0.717) is 12.5 Å². The van der Waals surface area contributed by atoms with E-state index in [4.69, 9.17) is 0 Å². The van der Waals surface area contributed by atoms with Crippen molar-refractivity contribution >= 4 is 28.5 Å². The molecule has 1 fully saturated rings. The highest BCUT2D eigenvalue weighted by Crippen LogP contribution is 2.22. The summed E-state index contributed by atoms with van der Waals surface area (Å²) in [5.74, 6) is 1.38. The van der Waals surface area contributed by atoms with Gasteiger partial charge in [-0.3, -0.25) is 4.57 Å². The molecule has 29 heavy (non-hydrogen) atoms. The molecule has 3 heterocycles. The lowest BCUT2D eigenvalue weighted by atomic mass is 10.1. The van der Waals surface area contributed by atoms with Crippen LogP contribution >= 0.6 is 0 Å². The highest BCUT2D eigenvalue weighted by atomic mass is 16.3. The minimum atomic E-state index is -0.290. The van der Waals surface area contributed by atoms with Crippen LogP contribution < -0.4 is 10.2 Å². The summed E-state index contributed by atoms with van der Waals surface area (Å²) >= 11 is 0. The average Bonchev–Trinajstić information content (AvgIpc) is 3.19. The molecule has 7 heteroatoms. The van der Waals surface area contributed by atoms with Gasteiger partial charge >= 0.3 is 0 Å². The van der Waals surface area contributed by atoms with Gasteiger partial charge < -0.3 is 15.3 Å². The lowest BCUT2D eigenvalue weighted by Gasteiger charge is -2.31. The molecular weight excluding hydrogens is 364 g/mol. The van der Waals surface area contributed by atoms with Crippen LogP contribution in [0.4, 0.5) is 17.5 Å². The van der Waals surface area contributed by atoms with Crippen LogP contribution in [0.25, 0.3) is 16.7 Å². The van der Waals surface area contributed by atoms with E-state index in [1.54, 1.807) is 6.20 Å². The molecule has 7 nitrogen and oxygen atoms in total. The smallest absolute Gasteiger partial charge is 0.229 e. The van der Waals surface area contributed by atoms with Crippen molar-refractivity contribution in [3.63, 3.8) is 0 Å². The molecule has 146 valence electrons. The summed E-state index contributed by atoms with van der Waals surface area (Å²) in [7, 11) is 0. The van der Waals surface area contributed by atoms with Gasteiger partial charge in [0, 0.05) is 30.7 Å². The highest BCUT2D eigenvalue weighted by molar-refractivity contribution is 5.77. The number of nitrogens with one attached hydrogen (secondary N) is 1. The van der Waals surface area contributed by atoms with Crippen molar-refractivity contribution in [3.8, 4) is 5.69 Å². The molecule has 1 atom stereocenters. The number of benzene rings is 2. The quantitative estimate of drug-likeness (QED) is 0.559. The van der Waals surface area contributed by atoms with Gasteiger partial charge in [-0.1, -0.05) is 12.1 Å². The number of nitrogens with zero attached hydrogens (tertiary/aromatic N) is 5. The van der Waals surface area contributed by atoms with Crippen molar-refractivity contribution in [1.82, 2.24) is 19.5 Å². The predicted octanol–water partition coefficient (Wildman–Crippen LogP) is 3.52. The molecule has 0 bridgehead atoms. The van der Waals surface area contributed by atoms with Crippen LogP contribution in [0.2, 0.25) is 0 Å². The summed E-state index contributed by atoms with van der Waals surface area (Å²) in [4.78, 5) is 15.5. The fourth-order valence-corrected chi connectivity index (χ4v) is 3.75. The van der Waals surface area contributed by atoms with Crippen LogP contribution in [0.15, 0.2) is 67.1 Å². The minimum Gasteiger partial charge on any atom is -0.391 e. The van der Waals surface area contributed by atoms with Crippen LogP contribution in [0.1, 0.15) is 12.8 Å². The largest absolute Gasteiger partial charge is 0.391 e. The Morgan fingerprint density at radius 1 is 1.00 bits per heavy atom. The van der Waals surface area contributed by atoms with Crippen LogP contribution in [0, 0.1) is 0 Å². The first kappa shape index (κ1) is 17.6. The van der Waals surface area contributed by atoms with Gasteiger partial charge in [0.2, 0.25) is 5.95 Å². The fraction of sp³-hybridized carbons (Fsp3) is 0.227. The van der Waals surface area contributed by atoms with Crippen LogP contribution in [0.3, 0.4) is 0 Å². The molecule has 1 aliphatic heterocycles. The maximum absolute atomic E-state index is 9.91. The van der Waals surface area contributed by atoms with E-state index in [0.717, 1.165) is 47.6 Å². The molecule has 2 aromatic carbocycles. The van der Waals surface area contributed by atoms with E-state index < -0.39 is 0 Å². The van der Waals surface area contributed by atoms with E-state index in [2.05, 4.69) is 35.8 Å². The number of aliphatic hydroxyl groups excluding tert-OH is 1. The zero-order valence-corrected chi connectivity index (χ0v) is 15.9. The van der Waals surface area contributed by atoms with Gasteiger partial charge in [-0.25, -0.2) is 9.97 Å². The number of para-hydroxylation sites is 2. The molecule has 4 aromatic rings. The third-order valence-electron chi connectivity index (χ3n) is 5.22. The maximum Gasteiger partial charge on any atom is 0.229 e. The number of hydrogen-bond acceptors (Lipinski definition) is 6. The Morgan fingerprint density at radius 3 is 2.72 bits per heavy atom. The molecule has 0 spiro atoms. The minimum absolute atomic E-state index is 0.290. The van der Waals surface area contributed by atoms with Gasteiger partial charge in [0.05, 0.1) is 17.1 Å². The van der Waals surface area contributed by atoms with E-state index in [1.165, 1.54) is 0 Å². The van der Waals surface area contributed by atoms with E-state index in [-0.39, 0.29) is 6.10 Å². The fourth-order valence-electron chi connectivity index (χ4n) is 3.75. The molecule has 0 aliphatic carbocycles. The van der Waals surface area contributed by atoms with Crippen LogP contribution in [0.5, 0.6) is 0 Å². The molecule has 1 unspecified atom stereocenters. The second-order valence-electron chi connectivity index (χ2n) is 7.26. The van der Waals surface area contributed by atoms with Crippen molar-refractivity contribution in [2.75, 3.05) is 23.3 Å². The number of rotatable bonds is 4. The Hall–Kier alpha value is -3.45. The van der Waals surface area contributed by atoms with E-state index in [9.17, 15) is 5.11 Å². The van der Waals surface area contributed by atoms with Crippen molar-refractivity contribution in [2.45, 2.75) is 18.9 Å². The maximum atomic E-state index is 9.91. The molecule has 0 radical (unpaired) electrons. The summed E-state index contributed by atoms with van der Waals surface area (Å²) in [5.41, 5.74) is 4.01. The van der Waals surface area contributed by atoms with Crippen molar-refractivity contribution in [1.29, 1.82) is 0 Å². The van der Waals surface area contributed by atoms with Gasteiger partial charge in [-0.05, 0) is 55.3 Å². The van der Waals surface area contributed by atoms with Gasteiger partial charge in [0.1, 0.15) is 12.1 Å². The highest BCUT2D eigenvalue weighted by Gasteiger charge is 2.19. The third-order valence-corrected chi connectivity index (χ3v) is 5.22. The lowest BCUT2D eigenvalue weighted by Crippen LogP contribution is -2.38. The molecule has 0 saturated carbocycles. The molecule has 2 N–H and O–H groups in total. The van der Waals surface area contributed by atoms with E-state index >= 15 is 0 Å². The van der Waals surface area contributed by atoms with Crippen LogP contribution in [-0.4, -0.2) is 43.8 Å². The molecule has 1 aliphatic rings. The topological polar surface area (TPSA) is 79.1 Å². The first-order chi connectivity index (χ1) is 14.3. The zero-order chi connectivity index (χ0) is 19.6. The Labute approximate surface area is 168 Å². The number of imidazole rings is 1. The Kier molecular flexibility index (Phi) is 4.57. The monoisotopic (exact) mass is 386 g/mol. The summed E-state index contributed by atoms with van der Waals surface area (Å²) in [6.07, 6.45) is 5.12. The van der Waals surface area contributed by atoms with Crippen molar-refractivity contribution < 1.29 is 5.11 Å². The second kappa shape index (κ2) is 7.52. The first-order valence-corrected chi connectivity index (χ1v) is 9.82. The Bertz CT molecular complexity index is 1120. The van der Waals surface area contributed by atoms with Gasteiger partial charge in [0.25, 0.3) is 0 Å². The first-order valence-electron chi connectivity index (χ1n) is 9.82. The lowest BCUT2D eigenvalue weighted by molar-refractivity contribution is 0.154. The van der Waals surface area contributed by atoms with Gasteiger partial charge in [-0.15, -0.1) is 0 Å². The molecular formula is C22H22N6O. The zero-order valence-electron chi connectivity index (χ0n) is 15.9. The molecule has 2 aromatic heterocycles. The molecule has 1 saturated heterocycles. The number of piperidine rings is 1. The molecule has 5 rings (SSSR count). The summed E-state index contributed by atoms with van der Waals surface area (Å²) in [6, 6.07) is 18.1. The number of anilines is 3. The van der Waals surface area contributed by atoms with Gasteiger partial charge in [-0.2, -0.15) is 4.98 Å². The average molecular weight is 386 g/mol. The number of hydrogen-bond donors (Lipinski definition) is 2. The summed E-state index contributed by atoms with van der Waals surface area (Å²) < 4.78 is 2.07. The molecule has 0 amide bonds. The third kappa shape index (κ3) is 3.64. The second-order valence-corrected chi connectivity index (χ2v) is 7.26. The predicted molar refractivity (Wildman–Crippen MR) is 114 cm³/mol. The number of fused-ring (bicyclic) bond motifs is 1. The van der Waals surface area contributed by atoms with Gasteiger partial charge in [0.15, 0.2) is 0 Å².